The van der Waals surface area contributed by atoms with E-state index in [-0.39, 0.29) is 0 Å². The van der Waals surface area contributed by atoms with Gasteiger partial charge in [-0.25, -0.2) is 0 Å². The van der Waals surface area contributed by atoms with Crippen molar-refractivity contribution in [2.24, 2.45) is 0 Å². The molecule has 0 unspecified atom stereocenters. The van der Waals surface area contributed by atoms with Gasteiger partial charge in [0.25, 0.3) is 0 Å². The number of rotatable bonds is 13. The van der Waals surface area contributed by atoms with Gasteiger partial charge in [0.1, 0.15) is 17.1 Å². The Kier molecular flexibility index (Phi) is 10.4. The number of methoxy groups -OCH3 is 1. The molecule has 0 atom stereocenters. The normalized spacial score (nSPS) is 14.8. The molecule has 7 nitrogen and oxygen atoms in total. The zero-order chi connectivity index (χ0) is 33.5. The van der Waals surface area contributed by atoms with Crippen LogP contribution in [0.4, 0.5) is 5.69 Å². The van der Waals surface area contributed by atoms with Crippen LogP contribution in [-0.4, -0.2) is 38.4 Å². The molecule has 0 aliphatic carbocycles. The maximum atomic E-state index is 5.77. The molecule has 0 amide bonds. The van der Waals surface area contributed by atoms with E-state index in [4.69, 9.17) is 9.84 Å². The van der Waals surface area contributed by atoms with E-state index < -0.39 is 0 Å². The lowest BCUT2D eigenvalue weighted by molar-refractivity contribution is 0.416. The van der Waals surface area contributed by atoms with Gasteiger partial charge < -0.3 is 9.64 Å². The quantitative estimate of drug-likeness (QED) is 0.120. The van der Waals surface area contributed by atoms with Crippen molar-refractivity contribution in [3.63, 3.8) is 0 Å². The number of aromatic nitrogens is 5. The molecule has 1 aliphatic rings. The standard InChI is InChI=1S/C41H46N6O/c1-6-8-9-10-11-18-27-46-30(4)29(3)32(33-19-12-14-22-37(33)46)25-24-31(7-2)28-35-39(34-20-13-15-23-38(34)48-5)45-47-40(35)43-44-41(47)36-21-16-17-26-42-36/h12-17,19-26,28H,6-11,18,27H2,1-5H3/b31-24+,32-25+,35-28-. The van der Waals surface area contributed by atoms with E-state index in [1.54, 1.807) is 17.8 Å². The molecular weight excluding hydrogens is 592 g/mol. The minimum Gasteiger partial charge on any atom is -0.496 e. The molecule has 1 aliphatic heterocycles. The van der Waals surface area contributed by atoms with Crippen LogP contribution >= 0.6 is 0 Å². The monoisotopic (exact) mass is 638 g/mol. The second-order valence-electron chi connectivity index (χ2n) is 12.4. The number of unbranched alkanes of at least 4 members (excludes halogenated alkanes) is 5. The minimum atomic E-state index is 0.603. The van der Waals surface area contributed by atoms with Crippen LogP contribution in [0.15, 0.2) is 102 Å². The average Bonchev–Trinajstić information content (AvgIpc) is 3.70. The summed E-state index contributed by atoms with van der Waals surface area (Å²) in [6.07, 6.45) is 17.1. The molecule has 246 valence electrons. The van der Waals surface area contributed by atoms with Gasteiger partial charge in [0.2, 0.25) is 5.82 Å². The highest BCUT2D eigenvalue weighted by molar-refractivity contribution is 5.91. The van der Waals surface area contributed by atoms with E-state index in [0.717, 1.165) is 46.5 Å². The predicted octanol–water partition coefficient (Wildman–Crippen LogP) is 9.26. The Morgan fingerprint density at radius 2 is 1.58 bits per heavy atom. The average molecular weight is 639 g/mol. The van der Waals surface area contributed by atoms with E-state index in [1.807, 2.05) is 42.5 Å². The van der Waals surface area contributed by atoms with Crippen molar-refractivity contribution in [3.8, 4) is 28.5 Å². The van der Waals surface area contributed by atoms with Crippen molar-refractivity contribution in [1.82, 2.24) is 24.8 Å². The van der Waals surface area contributed by atoms with Crippen LogP contribution in [0, 0.1) is 0 Å². The highest BCUT2D eigenvalue weighted by atomic mass is 16.5. The molecule has 3 aromatic heterocycles. The molecule has 0 spiro atoms. The maximum Gasteiger partial charge on any atom is 0.203 e. The van der Waals surface area contributed by atoms with Crippen LogP contribution in [0.25, 0.3) is 40.1 Å². The van der Waals surface area contributed by atoms with Crippen LogP contribution in [0.1, 0.15) is 78.2 Å². The zero-order valence-corrected chi connectivity index (χ0v) is 28.9. The van der Waals surface area contributed by atoms with Gasteiger partial charge in [-0.3, -0.25) is 4.98 Å². The number of para-hydroxylation sites is 2. The number of benzene rings is 2. The first-order valence-corrected chi connectivity index (χ1v) is 17.3. The fourth-order valence-electron chi connectivity index (χ4n) is 6.54. The molecule has 4 heterocycles. The Hall–Kier alpha value is -5.04. The van der Waals surface area contributed by atoms with Crippen LogP contribution in [-0.2, 0) is 0 Å². The third-order valence-electron chi connectivity index (χ3n) is 9.37. The second kappa shape index (κ2) is 15.2. The minimum absolute atomic E-state index is 0.603. The van der Waals surface area contributed by atoms with Crippen LogP contribution < -0.4 is 14.9 Å². The molecule has 6 rings (SSSR count). The number of pyridine rings is 1. The summed E-state index contributed by atoms with van der Waals surface area (Å²) < 4.78 is 7.57. The molecular formula is C41H46N6O. The van der Waals surface area contributed by atoms with Gasteiger partial charge in [-0.1, -0.05) is 94.5 Å². The smallest absolute Gasteiger partial charge is 0.203 e. The molecule has 5 aromatic rings. The first-order chi connectivity index (χ1) is 23.5. The summed E-state index contributed by atoms with van der Waals surface area (Å²) in [6, 6.07) is 22.6. The Balaban J connectivity index is 1.42. The van der Waals surface area contributed by atoms with Gasteiger partial charge in [-0.2, -0.15) is 9.61 Å². The van der Waals surface area contributed by atoms with Gasteiger partial charge in [0, 0.05) is 40.5 Å². The second-order valence-corrected chi connectivity index (χ2v) is 12.4. The predicted molar refractivity (Wildman–Crippen MR) is 198 cm³/mol. The third kappa shape index (κ3) is 6.68. The Bertz CT molecular complexity index is 2020. The van der Waals surface area contributed by atoms with Gasteiger partial charge >= 0.3 is 0 Å². The van der Waals surface area contributed by atoms with E-state index in [0.29, 0.717) is 11.5 Å². The molecule has 2 aromatic carbocycles. The molecule has 0 bridgehead atoms. The largest absolute Gasteiger partial charge is 0.496 e. The third-order valence-corrected chi connectivity index (χ3v) is 9.37. The van der Waals surface area contributed by atoms with Crippen LogP contribution in [0.5, 0.6) is 5.75 Å². The summed E-state index contributed by atoms with van der Waals surface area (Å²) >= 11 is 0. The summed E-state index contributed by atoms with van der Waals surface area (Å²) in [4.78, 5) is 7.04. The summed E-state index contributed by atoms with van der Waals surface area (Å²) in [7, 11) is 1.69. The van der Waals surface area contributed by atoms with Crippen molar-refractivity contribution in [2.45, 2.75) is 72.6 Å². The fraction of sp³-hybridized carbons (Fsp3) is 0.317. The molecule has 0 radical (unpaired) electrons. The van der Waals surface area contributed by atoms with Crippen molar-refractivity contribution in [3.05, 3.63) is 113 Å². The molecule has 7 heteroatoms. The zero-order valence-electron chi connectivity index (χ0n) is 28.9. The Labute approximate surface area is 284 Å². The maximum absolute atomic E-state index is 5.77. The molecule has 0 fully saturated rings. The number of nitrogens with zero attached hydrogens (tertiary/aromatic N) is 6. The number of hydrogen-bond acceptors (Lipinski definition) is 6. The molecule has 0 N–H and O–H groups in total. The summed E-state index contributed by atoms with van der Waals surface area (Å²) in [5.41, 5.74) is 10.7. The number of hydrogen-bond donors (Lipinski definition) is 0. The molecule has 48 heavy (non-hydrogen) atoms. The van der Waals surface area contributed by atoms with Gasteiger partial charge in [0.15, 0.2) is 5.65 Å². The molecule has 0 saturated heterocycles. The summed E-state index contributed by atoms with van der Waals surface area (Å²) in [5, 5.41) is 15.1. The van der Waals surface area contributed by atoms with Crippen molar-refractivity contribution in [1.29, 1.82) is 0 Å². The van der Waals surface area contributed by atoms with E-state index in [9.17, 15) is 0 Å². The lowest BCUT2D eigenvalue weighted by atomic mass is 9.90. The molecule has 0 saturated carbocycles. The first-order valence-electron chi connectivity index (χ1n) is 17.3. The van der Waals surface area contributed by atoms with Crippen molar-refractivity contribution in [2.75, 3.05) is 18.6 Å². The topological polar surface area (TPSA) is 68.4 Å². The van der Waals surface area contributed by atoms with E-state index in [2.05, 4.69) is 90.3 Å². The Morgan fingerprint density at radius 1 is 0.833 bits per heavy atom. The van der Waals surface area contributed by atoms with E-state index in [1.165, 1.54) is 66.6 Å². The van der Waals surface area contributed by atoms with E-state index >= 15 is 0 Å². The number of fused-ring (bicyclic) bond motifs is 2. The fourth-order valence-corrected chi connectivity index (χ4v) is 6.54. The summed E-state index contributed by atoms with van der Waals surface area (Å²) in [6.45, 7) is 10.0. The number of ether oxygens (including phenoxy) is 1. The summed E-state index contributed by atoms with van der Waals surface area (Å²) in [5.74, 6) is 1.36. The highest BCUT2D eigenvalue weighted by Gasteiger charge is 2.24. The van der Waals surface area contributed by atoms with Crippen LogP contribution in [0.2, 0.25) is 0 Å². The van der Waals surface area contributed by atoms with Crippen molar-refractivity contribution < 1.29 is 4.74 Å². The van der Waals surface area contributed by atoms with Gasteiger partial charge in [-0.15, -0.1) is 10.2 Å². The highest BCUT2D eigenvalue weighted by Crippen LogP contribution is 2.40. The number of anilines is 1. The van der Waals surface area contributed by atoms with Gasteiger partial charge in [-0.05, 0) is 79.8 Å². The SMILES string of the molecule is CCCCCCCCN1C(C)=C(C)\C(=C/C=C(/C=c2/c(-c3ccccc3OC)nn3c(-c4ccccn4)nnc23)CC)c2ccccc21. The van der Waals surface area contributed by atoms with Crippen LogP contribution in [0.3, 0.4) is 0 Å². The Morgan fingerprint density at radius 3 is 2.35 bits per heavy atom. The lowest BCUT2D eigenvalue weighted by Crippen LogP contribution is -2.27. The number of allylic oxidation sites excluding steroid dienone is 6. The van der Waals surface area contributed by atoms with Gasteiger partial charge in [0.05, 0.1) is 7.11 Å². The lowest BCUT2D eigenvalue weighted by Gasteiger charge is -2.35. The first kappa shape index (κ1) is 32.9. The van der Waals surface area contributed by atoms with Crippen molar-refractivity contribution >= 4 is 23.0 Å².